The maximum atomic E-state index is 12.7. The normalized spacial score (nSPS) is 22.1. The quantitative estimate of drug-likeness (QED) is 0.867. The number of carbonyl (C=O) groups is 1. The highest BCUT2D eigenvalue weighted by molar-refractivity contribution is 5.94. The second kappa shape index (κ2) is 6.16. The van der Waals surface area contributed by atoms with Gasteiger partial charge in [-0.1, -0.05) is 0 Å². The molecule has 2 fully saturated rings. The van der Waals surface area contributed by atoms with Gasteiger partial charge in [0.2, 0.25) is 0 Å². The lowest BCUT2D eigenvalue weighted by Crippen LogP contribution is -2.28. The Morgan fingerprint density at radius 3 is 2.67 bits per heavy atom. The third kappa shape index (κ3) is 2.69. The van der Waals surface area contributed by atoms with Gasteiger partial charge in [0.05, 0.1) is 5.56 Å². The van der Waals surface area contributed by atoms with E-state index in [2.05, 4.69) is 28.9 Å². The van der Waals surface area contributed by atoms with E-state index in [0.717, 1.165) is 62.5 Å². The van der Waals surface area contributed by atoms with Gasteiger partial charge in [-0.3, -0.25) is 9.20 Å². The van der Waals surface area contributed by atoms with Crippen LogP contribution in [0.15, 0.2) is 18.3 Å². The summed E-state index contributed by atoms with van der Waals surface area (Å²) in [6, 6.07) is 4.35. The fraction of sp³-hybridized carbons (Fsp3) is 0.611. The molecule has 128 valence electrons. The minimum atomic E-state index is 0.129. The zero-order chi connectivity index (χ0) is 16.7. The Kier molecular flexibility index (Phi) is 4.00. The Morgan fingerprint density at radius 2 is 1.96 bits per heavy atom. The predicted molar refractivity (Wildman–Crippen MR) is 92.2 cm³/mol. The summed E-state index contributed by atoms with van der Waals surface area (Å²) in [4.78, 5) is 17.1. The fourth-order valence-corrected chi connectivity index (χ4v) is 3.88. The van der Waals surface area contributed by atoms with Gasteiger partial charge in [-0.05, 0) is 51.8 Å². The van der Waals surface area contributed by atoms with Crippen molar-refractivity contribution in [3.8, 4) is 0 Å². The molecule has 0 spiro atoms. The molecule has 1 atom stereocenters. The first-order valence-corrected chi connectivity index (χ1v) is 9.01. The first-order valence-electron chi connectivity index (χ1n) is 9.01. The van der Waals surface area contributed by atoms with E-state index in [-0.39, 0.29) is 5.91 Å². The molecule has 6 heteroatoms. The Morgan fingerprint density at radius 1 is 1.17 bits per heavy atom. The van der Waals surface area contributed by atoms with E-state index in [1.807, 2.05) is 27.6 Å². The summed E-state index contributed by atoms with van der Waals surface area (Å²) < 4.78 is 2.03. The monoisotopic (exact) mass is 327 g/mol. The van der Waals surface area contributed by atoms with Crippen molar-refractivity contribution in [2.45, 2.75) is 45.1 Å². The number of fused-ring (bicyclic) bond motifs is 1. The lowest BCUT2D eigenvalue weighted by molar-refractivity contribution is 0.0792. The molecule has 2 saturated heterocycles. The number of aromatic nitrogens is 3. The minimum Gasteiger partial charge on any atom is -0.339 e. The lowest BCUT2D eigenvalue weighted by atomic mass is 10.1. The van der Waals surface area contributed by atoms with Gasteiger partial charge in [-0.15, -0.1) is 10.2 Å². The van der Waals surface area contributed by atoms with Crippen LogP contribution >= 0.6 is 0 Å². The molecule has 2 aliphatic heterocycles. The highest BCUT2D eigenvalue weighted by Crippen LogP contribution is 2.27. The third-order valence-electron chi connectivity index (χ3n) is 5.38. The highest BCUT2D eigenvalue weighted by Gasteiger charge is 2.29. The van der Waals surface area contributed by atoms with Gasteiger partial charge in [0.25, 0.3) is 5.91 Å². The Labute approximate surface area is 142 Å². The van der Waals surface area contributed by atoms with Crippen molar-refractivity contribution in [2.24, 2.45) is 0 Å². The van der Waals surface area contributed by atoms with Crippen LogP contribution in [0.1, 0.15) is 55.2 Å². The molecule has 2 aliphatic rings. The van der Waals surface area contributed by atoms with Crippen LogP contribution < -0.4 is 0 Å². The highest BCUT2D eigenvalue weighted by atomic mass is 16.2. The number of pyridine rings is 1. The molecule has 0 saturated carbocycles. The predicted octanol–water partition coefficient (Wildman–Crippen LogP) is 2.16. The summed E-state index contributed by atoms with van der Waals surface area (Å²) in [5, 5.41) is 8.73. The van der Waals surface area contributed by atoms with Gasteiger partial charge in [0.15, 0.2) is 5.65 Å². The van der Waals surface area contributed by atoms with Crippen LogP contribution in [0.3, 0.4) is 0 Å². The summed E-state index contributed by atoms with van der Waals surface area (Å²) in [6.45, 7) is 8.33. The molecule has 4 heterocycles. The topological polar surface area (TPSA) is 53.7 Å². The van der Waals surface area contributed by atoms with Crippen LogP contribution in [0.4, 0.5) is 0 Å². The van der Waals surface area contributed by atoms with Gasteiger partial charge in [0, 0.05) is 37.8 Å². The molecule has 0 bridgehead atoms. The molecule has 4 rings (SSSR count). The van der Waals surface area contributed by atoms with E-state index in [0.29, 0.717) is 12.0 Å². The van der Waals surface area contributed by atoms with E-state index in [4.69, 9.17) is 0 Å². The molecule has 6 nitrogen and oxygen atoms in total. The van der Waals surface area contributed by atoms with E-state index >= 15 is 0 Å². The van der Waals surface area contributed by atoms with Crippen molar-refractivity contribution < 1.29 is 4.79 Å². The van der Waals surface area contributed by atoms with Gasteiger partial charge in [-0.25, -0.2) is 0 Å². The van der Waals surface area contributed by atoms with Crippen LogP contribution in [0.5, 0.6) is 0 Å². The largest absolute Gasteiger partial charge is 0.339 e. The molecule has 2 aromatic heterocycles. The molecule has 1 amide bonds. The van der Waals surface area contributed by atoms with Crippen LogP contribution in [0, 0.1) is 0 Å². The van der Waals surface area contributed by atoms with Gasteiger partial charge in [-0.2, -0.15) is 0 Å². The number of nitrogens with zero attached hydrogens (tertiary/aromatic N) is 5. The van der Waals surface area contributed by atoms with Crippen molar-refractivity contribution in [3.05, 3.63) is 29.7 Å². The standard InChI is InChI=1S/C18H25N5O/c1-13(2)22-10-7-14(11-22)17-20-19-16-6-5-15(12-23(16)17)18(24)21-8-3-4-9-21/h5-6,12-14H,3-4,7-11H2,1-2H3/t14-/m1/s1. The van der Waals surface area contributed by atoms with Gasteiger partial charge >= 0.3 is 0 Å². The molecule has 0 aromatic carbocycles. The minimum absolute atomic E-state index is 0.129. The molecule has 0 unspecified atom stereocenters. The van der Waals surface area contributed by atoms with Crippen molar-refractivity contribution in [2.75, 3.05) is 26.2 Å². The van der Waals surface area contributed by atoms with Gasteiger partial charge in [0.1, 0.15) is 5.82 Å². The number of hydrogen-bond acceptors (Lipinski definition) is 4. The second-order valence-electron chi connectivity index (χ2n) is 7.28. The van der Waals surface area contributed by atoms with Crippen LogP contribution in [-0.2, 0) is 0 Å². The number of amides is 1. The lowest BCUT2D eigenvalue weighted by Gasteiger charge is -2.19. The maximum Gasteiger partial charge on any atom is 0.255 e. The van der Waals surface area contributed by atoms with E-state index < -0.39 is 0 Å². The SMILES string of the molecule is CC(C)N1CC[C@@H](c2nnc3ccc(C(=O)N4CCCC4)cn23)C1. The number of carbonyl (C=O) groups excluding carboxylic acids is 1. The molecule has 2 aromatic rings. The van der Waals surface area contributed by atoms with Crippen molar-refractivity contribution >= 4 is 11.6 Å². The fourth-order valence-electron chi connectivity index (χ4n) is 3.88. The summed E-state index contributed by atoms with van der Waals surface area (Å²) in [5.74, 6) is 1.51. The Bertz CT molecular complexity index is 747. The van der Waals surface area contributed by atoms with Crippen LogP contribution in [-0.4, -0.2) is 62.5 Å². The Hall–Kier alpha value is -1.95. The summed E-state index contributed by atoms with van der Waals surface area (Å²) >= 11 is 0. The zero-order valence-corrected chi connectivity index (χ0v) is 14.5. The summed E-state index contributed by atoms with van der Waals surface area (Å²) in [6.07, 6.45) is 5.25. The van der Waals surface area contributed by atoms with E-state index in [9.17, 15) is 4.79 Å². The third-order valence-corrected chi connectivity index (χ3v) is 5.38. The van der Waals surface area contributed by atoms with Gasteiger partial charge < -0.3 is 9.80 Å². The summed E-state index contributed by atoms with van der Waals surface area (Å²) in [5.41, 5.74) is 1.56. The smallest absolute Gasteiger partial charge is 0.255 e. The average molecular weight is 327 g/mol. The molecule has 24 heavy (non-hydrogen) atoms. The molecular weight excluding hydrogens is 302 g/mol. The zero-order valence-electron chi connectivity index (χ0n) is 14.5. The number of rotatable bonds is 3. The first-order chi connectivity index (χ1) is 11.6. The number of likely N-dealkylation sites (tertiary alicyclic amines) is 2. The number of hydrogen-bond donors (Lipinski definition) is 0. The van der Waals surface area contributed by atoms with Crippen molar-refractivity contribution in [3.63, 3.8) is 0 Å². The molecule has 0 radical (unpaired) electrons. The van der Waals surface area contributed by atoms with Crippen LogP contribution in [0.2, 0.25) is 0 Å². The second-order valence-corrected chi connectivity index (χ2v) is 7.28. The average Bonchev–Trinajstić information content (AvgIpc) is 3.31. The van der Waals surface area contributed by atoms with Crippen molar-refractivity contribution in [1.29, 1.82) is 0 Å². The maximum absolute atomic E-state index is 12.7. The molecular formula is C18H25N5O. The first kappa shape index (κ1) is 15.6. The van der Waals surface area contributed by atoms with E-state index in [1.54, 1.807) is 0 Å². The molecule has 0 N–H and O–H groups in total. The Balaban J connectivity index is 1.63. The molecule has 0 aliphatic carbocycles. The van der Waals surface area contributed by atoms with E-state index in [1.165, 1.54) is 0 Å². The summed E-state index contributed by atoms with van der Waals surface area (Å²) in [7, 11) is 0. The van der Waals surface area contributed by atoms with Crippen molar-refractivity contribution in [1.82, 2.24) is 24.4 Å². The van der Waals surface area contributed by atoms with Crippen LogP contribution in [0.25, 0.3) is 5.65 Å².